The highest BCUT2D eigenvalue weighted by atomic mass is 35.5. The number of carbonyl (C=O) groups excluding carboxylic acids is 1. The van der Waals surface area contributed by atoms with E-state index in [9.17, 15) is 9.18 Å². The van der Waals surface area contributed by atoms with E-state index >= 15 is 0 Å². The molecule has 0 saturated heterocycles. The molecule has 0 unspecified atom stereocenters. The molecule has 0 spiro atoms. The molecule has 0 aromatic heterocycles. The van der Waals surface area contributed by atoms with E-state index in [4.69, 9.17) is 16.3 Å². The summed E-state index contributed by atoms with van der Waals surface area (Å²) in [6.07, 6.45) is 0.118. The van der Waals surface area contributed by atoms with Gasteiger partial charge in [0, 0.05) is 17.5 Å². The predicted molar refractivity (Wildman–Crippen MR) is 72.4 cm³/mol. The molecule has 0 amide bonds. The van der Waals surface area contributed by atoms with Gasteiger partial charge < -0.3 is 4.74 Å². The first-order valence-electron chi connectivity index (χ1n) is 5.72. The molecule has 0 aliphatic rings. The van der Waals surface area contributed by atoms with Gasteiger partial charge in [-0.05, 0) is 24.3 Å². The molecule has 0 aliphatic carbocycles. The van der Waals surface area contributed by atoms with Crippen LogP contribution in [0, 0.1) is 5.82 Å². The SMILES string of the molecule is COc1ccccc1CC(=O)c1cc(F)ccc1Cl. The van der Waals surface area contributed by atoms with Gasteiger partial charge in [-0.15, -0.1) is 0 Å². The Morgan fingerprint density at radius 2 is 2.00 bits per heavy atom. The van der Waals surface area contributed by atoms with E-state index in [1.165, 1.54) is 12.1 Å². The van der Waals surface area contributed by atoms with Gasteiger partial charge in [0.05, 0.1) is 12.1 Å². The number of methoxy groups -OCH3 is 1. The maximum atomic E-state index is 13.2. The minimum absolute atomic E-state index is 0.118. The third-order valence-electron chi connectivity index (χ3n) is 2.77. The van der Waals surface area contributed by atoms with E-state index in [2.05, 4.69) is 0 Å². The van der Waals surface area contributed by atoms with Crippen molar-refractivity contribution in [3.63, 3.8) is 0 Å². The van der Waals surface area contributed by atoms with Crippen LogP contribution in [0.2, 0.25) is 5.02 Å². The van der Waals surface area contributed by atoms with E-state index in [-0.39, 0.29) is 22.8 Å². The third-order valence-corrected chi connectivity index (χ3v) is 3.10. The number of benzene rings is 2. The van der Waals surface area contributed by atoms with Crippen LogP contribution >= 0.6 is 11.6 Å². The second kappa shape index (κ2) is 5.85. The van der Waals surface area contributed by atoms with Crippen molar-refractivity contribution < 1.29 is 13.9 Å². The molecule has 2 aromatic carbocycles. The summed E-state index contributed by atoms with van der Waals surface area (Å²) >= 11 is 5.91. The van der Waals surface area contributed by atoms with Crippen molar-refractivity contribution in [1.29, 1.82) is 0 Å². The Morgan fingerprint density at radius 3 is 2.74 bits per heavy atom. The van der Waals surface area contributed by atoms with Crippen molar-refractivity contribution in [2.75, 3.05) is 7.11 Å². The predicted octanol–water partition coefficient (Wildman–Crippen LogP) is 3.91. The number of hydrogen-bond donors (Lipinski definition) is 0. The normalized spacial score (nSPS) is 10.3. The highest BCUT2D eigenvalue weighted by Crippen LogP contribution is 2.23. The summed E-state index contributed by atoms with van der Waals surface area (Å²) in [5, 5.41) is 0.251. The van der Waals surface area contributed by atoms with Gasteiger partial charge in [-0.25, -0.2) is 4.39 Å². The zero-order valence-corrected chi connectivity index (χ0v) is 11.1. The molecule has 2 nitrogen and oxygen atoms in total. The lowest BCUT2D eigenvalue weighted by Gasteiger charge is -2.08. The Kier molecular flexibility index (Phi) is 4.17. The summed E-state index contributed by atoms with van der Waals surface area (Å²) in [5.74, 6) is -0.0925. The molecule has 4 heteroatoms. The minimum Gasteiger partial charge on any atom is -0.496 e. The van der Waals surface area contributed by atoms with Crippen LogP contribution in [0.25, 0.3) is 0 Å². The molecule has 2 rings (SSSR count). The topological polar surface area (TPSA) is 26.3 Å². The van der Waals surface area contributed by atoms with Crippen molar-refractivity contribution in [2.45, 2.75) is 6.42 Å². The number of ether oxygens (including phenoxy) is 1. The van der Waals surface area contributed by atoms with Gasteiger partial charge in [0.2, 0.25) is 0 Å². The van der Waals surface area contributed by atoms with Gasteiger partial charge in [-0.1, -0.05) is 29.8 Å². The van der Waals surface area contributed by atoms with Gasteiger partial charge >= 0.3 is 0 Å². The highest BCUT2D eigenvalue weighted by Gasteiger charge is 2.14. The van der Waals surface area contributed by atoms with Crippen molar-refractivity contribution in [2.24, 2.45) is 0 Å². The van der Waals surface area contributed by atoms with E-state index < -0.39 is 5.82 Å². The lowest BCUT2D eigenvalue weighted by Crippen LogP contribution is -2.06. The van der Waals surface area contributed by atoms with Crippen LogP contribution < -0.4 is 4.74 Å². The second-order valence-corrected chi connectivity index (χ2v) is 4.44. The summed E-state index contributed by atoms with van der Waals surface area (Å²) in [5.41, 5.74) is 0.933. The van der Waals surface area contributed by atoms with E-state index in [1.807, 2.05) is 12.1 Å². The molecule has 0 fully saturated rings. The summed E-state index contributed by atoms with van der Waals surface area (Å²) in [4.78, 5) is 12.1. The van der Waals surface area contributed by atoms with Crippen LogP contribution in [0.5, 0.6) is 5.75 Å². The van der Waals surface area contributed by atoms with Crippen molar-refractivity contribution >= 4 is 17.4 Å². The fourth-order valence-corrected chi connectivity index (χ4v) is 2.05. The van der Waals surface area contributed by atoms with Gasteiger partial charge in [0.15, 0.2) is 5.78 Å². The maximum absolute atomic E-state index is 13.2. The molecule has 0 bridgehead atoms. The lowest BCUT2D eigenvalue weighted by atomic mass is 10.0. The molecule has 2 aromatic rings. The summed E-state index contributed by atoms with van der Waals surface area (Å²) < 4.78 is 18.3. The average Bonchev–Trinajstić information content (AvgIpc) is 2.42. The van der Waals surface area contributed by atoms with E-state index in [0.717, 1.165) is 11.6 Å². The van der Waals surface area contributed by atoms with Gasteiger partial charge in [-0.3, -0.25) is 4.79 Å². The smallest absolute Gasteiger partial charge is 0.168 e. The molecule has 0 aliphatic heterocycles. The quantitative estimate of drug-likeness (QED) is 0.793. The Balaban J connectivity index is 2.28. The van der Waals surface area contributed by atoms with Crippen LogP contribution in [0.1, 0.15) is 15.9 Å². The molecule has 0 radical (unpaired) electrons. The van der Waals surface area contributed by atoms with Crippen LogP contribution in [0.3, 0.4) is 0 Å². The Morgan fingerprint density at radius 1 is 1.26 bits per heavy atom. The number of ketones is 1. The number of carbonyl (C=O) groups is 1. The first-order chi connectivity index (χ1) is 9.11. The zero-order chi connectivity index (χ0) is 13.8. The minimum atomic E-state index is -0.479. The summed E-state index contributed by atoms with van der Waals surface area (Å²) in [6, 6.07) is 11.0. The van der Waals surface area contributed by atoms with Crippen molar-refractivity contribution in [3.8, 4) is 5.75 Å². The summed E-state index contributed by atoms with van der Waals surface area (Å²) in [6.45, 7) is 0. The fraction of sp³-hybridized carbons (Fsp3) is 0.133. The van der Waals surface area contributed by atoms with Crippen LogP contribution in [-0.4, -0.2) is 12.9 Å². The van der Waals surface area contributed by atoms with Gasteiger partial charge in [0.1, 0.15) is 11.6 Å². The summed E-state index contributed by atoms with van der Waals surface area (Å²) in [7, 11) is 1.54. The van der Waals surface area contributed by atoms with E-state index in [1.54, 1.807) is 19.2 Å². The highest BCUT2D eigenvalue weighted by molar-refractivity contribution is 6.34. The number of halogens is 2. The molecular weight excluding hydrogens is 267 g/mol. The maximum Gasteiger partial charge on any atom is 0.168 e. The lowest BCUT2D eigenvalue weighted by molar-refractivity contribution is 0.0992. The number of Topliss-reactive ketones (excluding diaryl/α,β-unsaturated/α-hetero) is 1. The van der Waals surface area contributed by atoms with Crippen molar-refractivity contribution in [3.05, 3.63) is 64.4 Å². The van der Waals surface area contributed by atoms with Gasteiger partial charge in [-0.2, -0.15) is 0 Å². The molecule has 0 atom stereocenters. The van der Waals surface area contributed by atoms with Crippen LogP contribution in [0.15, 0.2) is 42.5 Å². The zero-order valence-electron chi connectivity index (χ0n) is 10.3. The van der Waals surface area contributed by atoms with E-state index in [0.29, 0.717) is 5.75 Å². The first kappa shape index (κ1) is 13.6. The third kappa shape index (κ3) is 3.12. The van der Waals surface area contributed by atoms with Crippen LogP contribution in [-0.2, 0) is 6.42 Å². The fourth-order valence-electron chi connectivity index (χ4n) is 1.83. The largest absolute Gasteiger partial charge is 0.496 e. The van der Waals surface area contributed by atoms with Crippen LogP contribution in [0.4, 0.5) is 4.39 Å². The standard InChI is InChI=1S/C15H12ClFO2/c1-19-15-5-3-2-4-10(15)8-14(18)12-9-11(17)6-7-13(12)16/h2-7,9H,8H2,1H3. The number of para-hydroxylation sites is 1. The molecule has 19 heavy (non-hydrogen) atoms. The first-order valence-corrected chi connectivity index (χ1v) is 6.09. The monoisotopic (exact) mass is 278 g/mol. The Bertz CT molecular complexity index is 611. The average molecular weight is 279 g/mol. The Hall–Kier alpha value is -1.87. The Labute approximate surface area is 115 Å². The van der Waals surface area contributed by atoms with Crippen molar-refractivity contribution in [1.82, 2.24) is 0 Å². The number of hydrogen-bond acceptors (Lipinski definition) is 2. The molecule has 0 heterocycles. The van der Waals surface area contributed by atoms with Gasteiger partial charge in [0.25, 0.3) is 0 Å². The molecule has 98 valence electrons. The second-order valence-electron chi connectivity index (χ2n) is 4.04. The molecule has 0 saturated carbocycles. The molecular formula is C15H12ClFO2. The number of rotatable bonds is 4. The molecule has 0 N–H and O–H groups in total.